The summed E-state index contributed by atoms with van der Waals surface area (Å²) in [5, 5.41) is 7.09. The molecular formula is C24H18Cl2N2O2S. The van der Waals surface area contributed by atoms with Crippen molar-refractivity contribution >= 4 is 58.5 Å². The van der Waals surface area contributed by atoms with Crippen LogP contribution in [0.3, 0.4) is 0 Å². The van der Waals surface area contributed by atoms with Crippen LogP contribution in [0.1, 0.15) is 21.5 Å². The molecule has 31 heavy (non-hydrogen) atoms. The monoisotopic (exact) mass is 468 g/mol. The molecule has 0 unspecified atom stereocenters. The molecule has 1 aliphatic heterocycles. The van der Waals surface area contributed by atoms with Crippen LogP contribution >= 0.6 is 35.0 Å². The van der Waals surface area contributed by atoms with Crippen LogP contribution in [-0.4, -0.2) is 18.4 Å². The van der Waals surface area contributed by atoms with Gasteiger partial charge in [-0.2, -0.15) is 0 Å². The number of anilines is 1. The standard InChI is InChI=1S/C24H18Cl2N2O2S/c25-18-7-4-15(5-8-18)10-11-27-23(29)17-6-9-21-20(14-17)28-24(30)22(31-21)13-16-2-1-3-19(26)12-16/h1-9,12-14H,10-11H2,(H,27,29)(H,28,30)/b22-13+. The van der Waals surface area contributed by atoms with E-state index in [2.05, 4.69) is 10.6 Å². The lowest BCUT2D eigenvalue weighted by Gasteiger charge is -2.19. The zero-order valence-electron chi connectivity index (χ0n) is 16.3. The summed E-state index contributed by atoms with van der Waals surface area (Å²) in [5.41, 5.74) is 3.07. The molecule has 0 saturated heterocycles. The number of amides is 2. The second-order valence-corrected chi connectivity index (χ2v) is 8.92. The summed E-state index contributed by atoms with van der Waals surface area (Å²) < 4.78 is 0. The van der Waals surface area contributed by atoms with Crippen LogP contribution in [0.2, 0.25) is 10.0 Å². The summed E-state index contributed by atoms with van der Waals surface area (Å²) in [4.78, 5) is 26.5. The molecule has 4 rings (SSSR count). The van der Waals surface area contributed by atoms with E-state index in [1.54, 1.807) is 30.3 Å². The molecule has 1 heterocycles. The highest BCUT2D eigenvalue weighted by Gasteiger charge is 2.22. The van der Waals surface area contributed by atoms with E-state index in [0.29, 0.717) is 39.2 Å². The van der Waals surface area contributed by atoms with E-state index in [-0.39, 0.29) is 11.8 Å². The van der Waals surface area contributed by atoms with Crippen molar-refractivity contribution in [2.45, 2.75) is 11.3 Å². The van der Waals surface area contributed by atoms with Crippen LogP contribution in [0.25, 0.3) is 6.08 Å². The maximum Gasteiger partial charge on any atom is 0.262 e. The van der Waals surface area contributed by atoms with Crippen molar-refractivity contribution in [1.29, 1.82) is 0 Å². The number of nitrogens with one attached hydrogen (secondary N) is 2. The van der Waals surface area contributed by atoms with E-state index < -0.39 is 0 Å². The maximum atomic E-state index is 12.5. The van der Waals surface area contributed by atoms with Gasteiger partial charge in [0.05, 0.1) is 10.6 Å². The molecule has 156 valence electrons. The van der Waals surface area contributed by atoms with Crippen molar-refractivity contribution in [1.82, 2.24) is 5.32 Å². The predicted molar refractivity (Wildman–Crippen MR) is 128 cm³/mol. The lowest BCUT2D eigenvalue weighted by atomic mass is 10.1. The Bertz CT molecular complexity index is 1180. The van der Waals surface area contributed by atoms with Crippen molar-refractivity contribution in [3.63, 3.8) is 0 Å². The third-order valence-corrected chi connectivity index (χ3v) is 6.28. The lowest BCUT2D eigenvalue weighted by Crippen LogP contribution is -2.26. The van der Waals surface area contributed by atoms with Crippen molar-refractivity contribution in [3.8, 4) is 0 Å². The van der Waals surface area contributed by atoms with E-state index >= 15 is 0 Å². The third-order valence-electron chi connectivity index (χ3n) is 4.69. The molecular weight excluding hydrogens is 451 g/mol. The Labute approximate surface area is 194 Å². The molecule has 3 aromatic rings. The van der Waals surface area contributed by atoms with E-state index in [9.17, 15) is 9.59 Å². The number of fused-ring (bicyclic) bond motifs is 1. The smallest absolute Gasteiger partial charge is 0.262 e. The summed E-state index contributed by atoms with van der Waals surface area (Å²) in [7, 11) is 0. The first kappa shape index (κ1) is 21.5. The summed E-state index contributed by atoms with van der Waals surface area (Å²) in [6.45, 7) is 0.505. The quantitative estimate of drug-likeness (QED) is 0.447. The van der Waals surface area contributed by atoms with E-state index in [4.69, 9.17) is 23.2 Å². The molecule has 0 aromatic heterocycles. The minimum absolute atomic E-state index is 0.184. The first-order chi connectivity index (χ1) is 15.0. The molecule has 0 aliphatic carbocycles. The topological polar surface area (TPSA) is 58.2 Å². The molecule has 1 aliphatic rings. The van der Waals surface area contributed by atoms with Gasteiger partial charge >= 0.3 is 0 Å². The zero-order valence-corrected chi connectivity index (χ0v) is 18.7. The van der Waals surface area contributed by atoms with Gasteiger partial charge in [-0.05, 0) is 66.1 Å². The molecule has 2 amide bonds. The first-order valence-corrected chi connectivity index (χ1v) is 11.2. The average Bonchev–Trinajstić information content (AvgIpc) is 2.75. The molecule has 0 radical (unpaired) electrons. The third kappa shape index (κ3) is 5.50. The van der Waals surface area contributed by atoms with E-state index in [1.807, 2.05) is 42.5 Å². The minimum atomic E-state index is -0.210. The second kappa shape index (κ2) is 9.60. The highest BCUT2D eigenvalue weighted by Crippen LogP contribution is 2.39. The molecule has 0 atom stereocenters. The fourth-order valence-corrected chi connectivity index (χ4v) is 4.38. The molecule has 7 heteroatoms. The fourth-order valence-electron chi connectivity index (χ4n) is 3.12. The van der Waals surface area contributed by atoms with Gasteiger partial charge < -0.3 is 10.6 Å². The number of hydrogen-bond donors (Lipinski definition) is 2. The van der Waals surface area contributed by atoms with Gasteiger partial charge in [0.15, 0.2) is 0 Å². The normalized spacial score (nSPS) is 14.1. The summed E-state index contributed by atoms with van der Waals surface area (Å²) in [6.07, 6.45) is 2.50. The summed E-state index contributed by atoms with van der Waals surface area (Å²) in [6, 6.07) is 20.2. The maximum absolute atomic E-state index is 12.5. The number of rotatable bonds is 5. The van der Waals surface area contributed by atoms with Gasteiger partial charge in [-0.3, -0.25) is 9.59 Å². The number of halogens is 2. The van der Waals surface area contributed by atoms with Crippen molar-refractivity contribution in [2.24, 2.45) is 0 Å². The van der Waals surface area contributed by atoms with Gasteiger partial charge in [0.1, 0.15) is 0 Å². The number of benzene rings is 3. The SMILES string of the molecule is O=C1Nc2cc(C(=O)NCCc3ccc(Cl)cc3)ccc2S/C1=C/c1cccc(Cl)c1. The number of carbonyl (C=O) groups is 2. The van der Waals surface area contributed by atoms with Crippen LogP contribution in [0.4, 0.5) is 5.69 Å². The Morgan fingerprint density at radius 1 is 1.00 bits per heavy atom. The van der Waals surface area contributed by atoms with Gasteiger partial charge in [-0.15, -0.1) is 0 Å². The Morgan fingerprint density at radius 3 is 2.58 bits per heavy atom. The number of hydrogen-bond acceptors (Lipinski definition) is 3. The molecule has 4 nitrogen and oxygen atoms in total. The van der Waals surface area contributed by atoms with Crippen molar-refractivity contribution < 1.29 is 9.59 Å². The van der Waals surface area contributed by atoms with Gasteiger partial charge in [-0.1, -0.05) is 59.2 Å². The van der Waals surface area contributed by atoms with Crippen LogP contribution in [0.5, 0.6) is 0 Å². The van der Waals surface area contributed by atoms with Crippen LogP contribution in [0, 0.1) is 0 Å². The first-order valence-electron chi connectivity index (χ1n) is 9.61. The Morgan fingerprint density at radius 2 is 1.81 bits per heavy atom. The van der Waals surface area contributed by atoms with Gasteiger partial charge in [-0.25, -0.2) is 0 Å². The molecule has 2 N–H and O–H groups in total. The highest BCUT2D eigenvalue weighted by molar-refractivity contribution is 8.04. The Hall–Kier alpha value is -2.73. The van der Waals surface area contributed by atoms with Crippen molar-refractivity contribution in [2.75, 3.05) is 11.9 Å². The fraction of sp³-hybridized carbons (Fsp3) is 0.0833. The van der Waals surface area contributed by atoms with Crippen molar-refractivity contribution in [3.05, 3.63) is 98.4 Å². The van der Waals surface area contributed by atoms with E-state index in [0.717, 1.165) is 16.0 Å². The zero-order chi connectivity index (χ0) is 21.8. The minimum Gasteiger partial charge on any atom is -0.352 e. The summed E-state index contributed by atoms with van der Waals surface area (Å²) in [5.74, 6) is -0.394. The van der Waals surface area contributed by atoms with E-state index in [1.165, 1.54) is 11.8 Å². The van der Waals surface area contributed by atoms with Crippen LogP contribution in [0.15, 0.2) is 76.5 Å². The number of carbonyl (C=O) groups excluding carboxylic acids is 2. The van der Waals surface area contributed by atoms with Gasteiger partial charge in [0, 0.05) is 27.0 Å². The molecule has 0 fully saturated rings. The van der Waals surface area contributed by atoms with Gasteiger partial charge in [0.25, 0.3) is 11.8 Å². The Balaban J connectivity index is 1.42. The largest absolute Gasteiger partial charge is 0.352 e. The lowest BCUT2D eigenvalue weighted by molar-refractivity contribution is -0.112. The van der Waals surface area contributed by atoms with Crippen LogP contribution in [-0.2, 0) is 11.2 Å². The Kier molecular flexibility index (Phi) is 6.66. The molecule has 3 aromatic carbocycles. The van der Waals surface area contributed by atoms with Crippen LogP contribution < -0.4 is 10.6 Å². The second-order valence-electron chi connectivity index (χ2n) is 6.96. The number of thioether (sulfide) groups is 1. The molecule has 0 bridgehead atoms. The molecule has 0 saturated carbocycles. The summed E-state index contributed by atoms with van der Waals surface area (Å²) >= 11 is 13.3. The predicted octanol–water partition coefficient (Wildman–Crippen LogP) is 6.05. The highest BCUT2D eigenvalue weighted by atomic mass is 35.5. The average molecular weight is 469 g/mol. The van der Waals surface area contributed by atoms with Gasteiger partial charge in [0.2, 0.25) is 0 Å². The molecule has 0 spiro atoms.